The molecule has 0 aliphatic heterocycles. The number of hydrogen-bond acceptors (Lipinski definition) is 5. The summed E-state index contributed by atoms with van der Waals surface area (Å²) in [7, 11) is 0. The van der Waals surface area contributed by atoms with Crippen LogP contribution in [0.15, 0.2) is 78.9 Å². The van der Waals surface area contributed by atoms with Crippen LogP contribution in [0, 0.1) is 5.82 Å². The van der Waals surface area contributed by atoms with Crippen LogP contribution < -0.4 is 4.74 Å². The van der Waals surface area contributed by atoms with E-state index in [1.807, 2.05) is 60.7 Å². The summed E-state index contributed by atoms with van der Waals surface area (Å²) in [6.45, 7) is 0.680. The van der Waals surface area contributed by atoms with E-state index < -0.39 is 23.8 Å². The molecule has 0 saturated carbocycles. The molecule has 3 aromatic carbocycles. The van der Waals surface area contributed by atoms with Crippen molar-refractivity contribution in [3.05, 3.63) is 95.8 Å². The van der Waals surface area contributed by atoms with E-state index in [0.717, 1.165) is 17.2 Å². The highest BCUT2D eigenvalue weighted by Crippen LogP contribution is 2.29. The Morgan fingerprint density at radius 1 is 0.733 bits per heavy atom. The maximum absolute atomic E-state index is 13.6. The van der Waals surface area contributed by atoms with Gasteiger partial charge in [-0.05, 0) is 23.3 Å². The first kappa shape index (κ1) is 21.8. The lowest BCUT2D eigenvalue weighted by Gasteiger charge is -2.24. The first-order valence-corrected chi connectivity index (χ1v) is 9.69. The predicted molar refractivity (Wildman–Crippen MR) is 111 cm³/mol. The zero-order chi connectivity index (χ0) is 21.2. The Morgan fingerprint density at radius 3 is 1.90 bits per heavy atom. The molecule has 0 bridgehead atoms. The normalized spacial score (nSPS) is 13.0. The SMILES string of the molecule is Oc1c(F)cccc1OC(COCc1ccccc1)C(O)COCc1ccccc1. The zero-order valence-electron chi connectivity index (χ0n) is 16.5. The van der Waals surface area contributed by atoms with Gasteiger partial charge in [-0.25, -0.2) is 4.39 Å². The topological polar surface area (TPSA) is 68.2 Å². The van der Waals surface area contributed by atoms with Gasteiger partial charge in [0.2, 0.25) is 0 Å². The molecule has 0 aliphatic carbocycles. The number of ether oxygens (including phenoxy) is 3. The number of hydrogen-bond donors (Lipinski definition) is 2. The van der Waals surface area contributed by atoms with Crippen LogP contribution in [0.5, 0.6) is 11.5 Å². The van der Waals surface area contributed by atoms with Crippen molar-refractivity contribution in [2.75, 3.05) is 13.2 Å². The number of aliphatic hydroxyl groups is 1. The van der Waals surface area contributed by atoms with Gasteiger partial charge in [0.15, 0.2) is 23.4 Å². The third-order valence-corrected chi connectivity index (χ3v) is 4.45. The van der Waals surface area contributed by atoms with E-state index in [0.29, 0.717) is 13.2 Å². The monoisotopic (exact) mass is 412 g/mol. The summed E-state index contributed by atoms with van der Waals surface area (Å²) in [5, 5.41) is 20.5. The van der Waals surface area contributed by atoms with Crippen LogP contribution in [-0.4, -0.2) is 35.6 Å². The molecular formula is C24H25FO5. The van der Waals surface area contributed by atoms with Crippen LogP contribution in [0.4, 0.5) is 4.39 Å². The zero-order valence-corrected chi connectivity index (χ0v) is 16.5. The molecular weight excluding hydrogens is 387 g/mol. The molecule has 6 heteroatoms. The number of benzene rings is 3. The van der Waals surface area contributed by atoms with Gasteiger partial charge < -0.3 is 24.4 Å². The molecule has 158 valence electrons. The van der Waals surface area contributed by atoms with Gasteiger partial charge in [-0.15, -0.1) is 0 Å². The molecule has 3 aromatic rings. The molecule has 0 aliphatic rings. The minimum absolute atomic E-state index is 0.00959. The van der Waals surface area contributed by atoms with E-state index >= 15 is 0 Å². The molecule has 0 radical (unpaired) electrons. The Balaban J connectivity index is 1.60. The number of phenols is 1. The van der Waals surface area contributed by atoms with Crippen molar-refractivity contribution in [2.45, 2.75) is 25.4 Å². The number of aromatic hydroxyl groups is 1. The standard InChI is InChI=1S/C24H25FO5/c25-20-12-7-13-22(24(20)27)30-23(17-29-15-19-10-5-2-6-11-19)21(26)16-28-14-18-8-3-1-4-9-18/h1-13,21,23,26-27H,14-17H2. The van der Waals surface area contributed by atoms with Crippen LogP contribution in [0.25, 0.3) is 0 Å². The number of aliphatic hydroxyl groups excluding tert-OH is 1. The highest BCUT2D eigenvalue weighted by molar-refractivity contribution is 5.39. The third kappa shape index (κ3) is 6.56. The Hall–Kier alpha value is -2.93. The van der Waals surface area contributed by atoms with Crippen LogP contribution in [0.1, 0.15) is 11.1 Å². The summed E-state index contributed by atoms with van der Waals surface area (Å²) in [4.78, 5) is 0. The van der Waals surface area contributed by atoms with Crippen LogP contribution in [0.2, 0.25) is 0 Å². The lowest BCUT2D eigenvalue weighted by atomic mass is 10.2. The van der Waals surface area contributed by atoms with Gasteiger partial charge in [0.1, 0.15) is 6.10 Å². The Kier molecular flexibility index (Phi) is 8.20. The maximum Gasteiger partial charge on any atom is 0.194 e. The first-order chi connectivity index (χ1) is 14.6. The van der Waals surface area contributed by atoms with Crippen molar-refractivity contribution in [1.29, 1.82) is 0 Å². The van der Waals surface area contributed by atoms with E-state index in [-0.39, 0.29) is 19.0 Å². The third-order valence-electron chi connectivity index (χ3n) is 4.45. The fourth-order valence-corrected chi connectivity index (χ4v) is 2.82. The van der Waals surface area contributed by atoms with Crippen LogP contribution in [0.3, 0.4) is 0 Å². The molecule has 2 unspecified atom stereocenters. The average Bonchev–Trinajstić information content (AvgIpc) is 2.77. The molecule has 0 saturated heterocycles. The Morgan fingerprint density at radius 2 is 1.30 bits per heavy atom. The smallest absolute Gasteiger partial charge is 0.194 e. The first-order valence-electron chi connectivity index (χ1n) is 9.69. The predicted octanol–water partition coefficient (Wildman–Crippen LogP) is 4.07. The second-order valence-corrected chi connectivity index (χ2v) is 6.81. The van der Waals surface area contributed by atoms with Crippen molar-refractivity contribution in [3.63, 3.8) is 0 Å². The lowest BCUT2D eigenvalue weighted by molar-refractivity contribution is -0.0658. The van der Waals surface area contributed by atoms with Crippen molar-refractivity contribution in [3.8, 4) is 11.5 Å². The number of halogens is 1. The molecule has 30 heavy (non-hydrogen) atoms. The van der Waals surface area contributed by atoms with E-state index in [1.54, 1.807) is 0 Å². The molecule has 0 heterocycles. The molecule has 0 aromatic heterocycles. The minimum Gasteiger partial charge on any atom is -0.502 e. The summed E-state index contributed by atoms with van der Waals surface area (Å²) < 4.78 is 30.6. The second-order valence-electron chi connectivity index (χ2n) is 6.81. The molecule has 0 spiro atoms. The molecule has 0 amide bonds. The van der Waals surface area contributed by atoms with E-state index in [2.05, 4.69) is 0 Å². The van der Waals surface area contributed by atoms with E-state index in [4.69, 9.17) is 14.2 Å². The van der Waals surface area contributed by atoms with Gasteiger partial charge in [0, 0.05) is 0 Å². The Labute approximate surface area is 175 Å². The molecule has 2 N–H and O–H groups in total. The number of para-hydroxylation sites is 1. The highest BCUT2D eigenvalue weighted by atomic mass is 19.1. The summed E-state index contributed by atoms with van der Waals surface area (Å²) in [6.07, 6.45) is -1.91. The van der Waals surface area contributed by atoms with Gasteiger partial charge in [0.25, 0.3) is 0 Å². The second kappa shape index (κ2) is 11.3. The van der Waals surface area contributed by atoms with E-state index in [1.165, 1.54) is 12.1 Å². The average molecular weight is 412 g/mol. The molecule has 0 fully saturated rings. The number of phenolic OH excluding ortho intramolecular Hbond substituents is 1. The summed E-state index contributed by atoms with van der Waals surface area (Å²) in [5.41, 5.74) is 1.95. The van der Waals surface area contributed by atoms with Gasteiger partial charge in [-0.1, -0.05) is 66.7 Å². The van der Waals surface area contributed by atoms with E-state index in [9.17, 15) is 14.6 Å². The van der Waals surface area contributed by atoms with Gasteiger partial charge in [-0.2, -0.15) is 0 Å². The fourth-order valence-electron chi connectivity index (χ4n) is 2.82. The maximum atomic E-state index is 13.6. The highest BCUT2D eigenvalue weighted by Gasteiger charge is 2.24. The van der Waals surface area contributed by atoms with Crippen LogP contribution in [-0.2, 0) is 22.7 Å². The lowest BCUT2D eigenvalue weighted by Crippen LogP contribution is -2.39. The largest absolute Gasteiger partial charge is 0.502 e. The fraction of sp³-hybridized carbons (Fsp3) is 0.250. The Bertz CT molecular complexity index is 889. The van der Waals surface area contributed by atoms with Crippen molar-refractivity contribution < 1.29 is 28.8 Å². The van der Waals surface area contributed by atoms with Crippen LogP contribution >= 0.6 is 0 Å². The van der Waals surface area contributed by atoms with Crippen molar-refractivity contribution in [1.82, 2.24) is 0 Å². The van der Waals surface area contributed by atoms with Crippen molar-refractivity contribution in [2.24, 2.45) is 0 Å². The van der Waals surface area contributed by atoms with Gasteiger partial charge in [-0.3, -0.25) is 0 Å². The number of rotatable bonds is 11. The summed E-state index contributed by atoms with van der Waals surface area (Å²) >= 11 is 0. The summed E-state index contributed by atoms with van der Waals surface area (Å²) in [6, 6.07) is 23.1. The van der Waals surface area contributed by atoms with Crippen molar-refractivity contribution >= 4 is 0 Å². The summed E-state index contributed by atoms with van der Waals surface area (Å²) in [5.74, 6) is -1.47. The molecule has 5 nitrogen and oxygen atoms in total. The van der Waals surface area contributed by atoms with Gasteiger partial charge in [0.05, 0.1) is 26.4 Å². The van der Waals surface area contributed by atoms with Gasteiger partial charge >= 0.3 is 0 Å². The molecule has 2 atom stereocenters. The quantitative estimate of drug-likeness (QED) is 0.497. The minimum atomic E-state index is -1.05. The molecule has 3 rings (SSSR count).